The number of benzene rings is 1. The van der Waals surface area contributed by atoms with Crippen molar-refractivity contribution in [2.75, 3.05) is 0 Å². The molecular weight excluding hydrogens is 245 g/mol. The van der Waals surface area contributed by atoms with E-state index in [1.54, 1.807) is 0 Å². The molecule has 0 aromatic heterocycles. The Kier molecular flexibility index (Phi) is 5.68. The summed E-state index contributed by atoms with van der Waals surface area (Å²) >= 11 is 16.7. The summed E-state index contributed by atoms with van der Waals surface area (Å²) in [6.07, 6.45) is 0. The van der Waals surface area contributed by atoms with Gasteiger partial charge in [-0.25, -0.2) is 4.79 Å². The van der Waals surface area contributed by atoms with Crippen molar-refractivity contribution in [3.63, 3.8) is 0 Å². The van der Waals surface area contributed by atoms with Gasteiger partial charge in [-0.15, -0.1) is 0 Å². The fourth-order valence-corrected chi connectivity index (χ4v) is 1.41. The van der Waals surface area contributed by atoms with E-state index in [-0.39, 0.29) is 50.2 Å². The zero-order valence-corrected chi connectivity index (χ0v) is 10.9. The molecule has 1 radical (unpaired) electrons. The van der Waals surface area contributed by atoms with Crippen LogP contribution in [0.1, 0.15) is 10.4 Å². The largest absolute Gasteiger partial charge is 0.478 e. The number of carboxylic acids is 1. The number of aromatic carboxylic acids is 1. The molecule has 0 fully saturated rings. The number of carboxylic acid groups (broad SMARTS) is 1. The maximum absolute atomic E-state index is 10.6. The molecule has 1 aromatic carbocycles. The van der Waals surface area contributed by atoms with Crippen LogP contribution >= 0.6 is 34.8 Å². The Morgan fingerprint density at radius 3 is 2.00 bits per heavy atom. The molecule has 0 atom stereocenters. The van der Waals surface area contributed by atoms with Gasteiger partial charge >= 0.3 is 5.97 Å². The van der Waals surface area contributed by atoms with Gasteiger partial charge in [-0.3, -0.25) is 0 Å². The molecule has 1 N–H and O–H groups in total. The van der Waals surface area contributed by atoms with Crippen molar-refractivity contribution < 1.29 is 9.90 Å². The van der Waals surface area contributed by atoms with Crippen LogP contribution in [0.3, 0.4) is 0 Å². The van der Waals surface area contributed by atoms with E-state index >= 15 is 0 Å². The first kappa shape index (κ1) is 13.6. The van der Waals surface area contributed by atoms with Crippen LogP contribution < -0.4 is 0 Å². The van der Waals surface area contributed by atoms with Gasteiger partial charge in [0.25, 0.3) is 0 Å². The standard InChI is InChI=1S/C7H3Cl3O2.Na/c8-3-1-2-4(9)6(10)5(3)7(11)12;/h1-2H,(H,11,12);. The van der Waals surface area contributed by atoms with Gasteiger partial charge in [-0.2, -0.15) is 0 Å². The third-order valence-corrected chi connectivity index (χ3v) is 2.38. The third-order valence-electron chi connectivity index (χ3n) is 1.26. The maximum Gasteiger partial charge on any atom is 0.338 e. The molecule has 0 bridgehead atoms. The van der Waals surface area contributed by atoms with Crippen LogP contribution in [0.5, 0.6) is 0 Å². The van der Waals surface area contributed by atoms with Crippen LogP contribution in [-0.2, 0) is 0 Å². The minimum Gasteiger partial charge on any atom is -0.478 e. The van der Waals surface area contributed by atoms with E-state index < -0.39 is 5.97 Å². The molecule has 0 aliphatic carbocycles. The Hall–Kier alpha value is 0.560. The topological polar surface area (TPSA) is 37.3 Å². The molecule has 0 saturated heterocycles. The fraction of sp³-hybridized carbons (Fsp3) is 0. The van der Waals surface area contributed by atoms with E-state index in [0.717, 1.165) is 0 Å². The minimum absolute atomic E-state index is 0. The molecule has 0 spiro atoms. The predicted octanol–water partition coefficient (Wildman–Crippen LogP) is 2.96. The molecule has 0 saturated carbocycles. The molecule has 1 aromatic rings. The van der Waals surface area contributed by atoms with Crippen molar-refractivity contribution >= 4 is 70.3 Å². The number of halogens is 3. The summed E-state index contributed by atoms with van der Waals surface area (Å²) in [5.74, 6) is -1.19. The summed E-state index contributed by atoms with van der Waals surface area (Å²) < 4.78 is 0. The molecule has 0 aliphatic heterocycles. The summed E-state index contributed by atoms with van der Waals surface area (Å²) in [6, 6.07) is 2.83. The van der Waals surface area contributed by atoms with Crippen molar-refractivity contribution in [2.45, 2.75) is 0 Å². The number of carbonyl (C=O) groups is 1. The first-order chi connectivity index (χ1) is 5.54. The van der Waals surface area contributed by atoms with Gasteiger partial charge in [-0.05, 0) is 12.1 Å². The quantitative estimate of drug-likeness (QED) is 0.613. The van der Waals surface area contributed by atoms with Crippen LogP contribution in [-0.4, -0.2) is 40.6 Å². The summed E-state index contributed by atoms with van der Waals surface area (Å²) in [5, 5.41) is 8.87. The molecule has 65 valence electrons. The van der Waals surface area contributed by atoms with Crippen LogP contribution in [0, 0.1) is 0 Å². The monoisotopic (exact) mass is 247 g/mol. The molecule has 0 unspecified atom stereocenters. The summed E-state index contributed by atoms with van der Waals surface area (Å²) in [4.78, 5) is 10.6. The van der Waals surface area contributed by atoms with Crippen molar-refractivity contribution in [1.29, 1.82) is 0 Å². The van der Waals surface area contributed by atoms with Gasteiger partial charge in [0, 0.05) is 29.6 Å². The number of hydrogen-bond donors (Lipinski definition) is 1. The van der Waals surface area contributed by atoms with E-state index in [1.807, 2.05) is 0 Å². The number of rotatable bonds is 1. The summed E-state index contributed by atoms with van der Waals surface area (Å²) in [6.45, 7) is 0. The first-order valence-electron chi connectivity index (χ1n) is 2.91. The molecule has 1 rings (SSSR count). The molecule has 0 heterocycles. The third kappa shape index (κ3) is 3.01. The maximum atomic E-state index is 10.6. The second-order valence-electron chi connectivity index (χ2n) is 2.02. The normalized spacial score (nSPS) is 9.15. The zero-order valence-electron chi connectivity index (χ0n) is 6.64. The summed E-state index contributed by atoms with van der Waals surface area (Å²) in [7, 11) is 0. The Labute approximate surface area is 112 Å². The second kappa shape index (κ2) is 5.44. The van der Waals surface area contributed by atoms with E-state index in [9.17, 15) is 4.79 Å². The Bertz CT molecular complexity index is 341. The van der Waals surface area contributed by atoms with E-state index in [1.165, 1.54) is 12.1 Å². The Morgan fingerprint density at radius 1 is 1.15 bits per heavy atom. The van der Waals surface area contributed by atoms with Crippen molar-refractivity contribution in [3.8, 4) is 0 Å². The van der Waals surface area contributed by atoms with Crippen LogP contribution in [0.15, 0.2) is 12.1 Å². The van der Waals surface area contributed by atoms with E-state index in [4.69, 9.17) is 39.9 Å². The van der Waals surface area contributed by atoms with Crippen LogP contribution in [0.4, 0.5) is 0 Å². The SMILES string of the molecule is O=C(O)c1c(Cl)ccc(Cl)c1Cl.[Na]. The van der Waals surface area contributed by atoms with Gasteiger partial charge in [0.15, 0.2) is 0 Å². The van der Waals surface area contributed by atoms with Gasteiger partial charge in [0.05, 0.1) is 20.6 Å². The van der Waals surface area contributed by atoms with E-state index in [0.29, 0.717) is 0 Å². The van der Waals surface area contributed by atoms with Crippen molar-refractivity contribution in [3.05, 3.63) is 32.8 Å². The molecule has 6 heteroatoms. The van der Waals surface area contributed by atoms with Crippen LogP contribution in [0.25, 0.3) is 0 Å². The van der Waals surface area contributed by atoms with Gasteiger partial charge < -0.3 is 5.11 Å². The first-order valence-corrected chi connectivity index (χ1v) is 4.04. The van der Waals surface area contributed by atoms with Crippen molar-refractivity contribution in [2.24, 2.45) is 0 Å². The van der Waals surface area contributed by atoms with E-state index in [2.05, 4.69) is 0 Å². The zero-order chi connectivity index (χ0) is 9.30. The molecule has 0 amide bonds. The molecule has 13 heavy (non-hydrogen) atoms. The summed E-state index contributed by atoms with van der Waals surface area (Å²) in [5.41, 5.74) is -0.161. The molecular formula is C7H3Cl3NaO2. The molecule has 0 aliphatic rings. The van der Waals surface area contributed by atoms with Gasteiger partial charge in [-0.1, -0.05) is 34.8 Å². The number of hydrogen-bond acceptors (Lipinski definition) is 1. The fourth-order valence-electron chi connectivity index (χ4n) is 0.723. The minimum atomic E-state index is -1.19. The van der Waals surface area contributed by atoms with Crippen LogP contribution in [0.2, 0.25) is 15.1 Å². The van der Waals surface area contributed by atoms with Gasteiger partial charge in [0.1, 0.15) is 0 Å². The van der Waals surface area contributed by atoms with Gasteiger partial charge in [0.2, 0.25) is 0 Å². The van der Waals surface area contributed by atoms with Crippen molar-refractivity contribution in [1.82, 2.24) is 0 Å². The Balaban J connectivity index is 0.00000144. The average molecular weight is 248 g/mol. The predicted molar refractivity (Wildman–Crippen MR) is 54.2 cm³/mol. The average Bonchev–Trinajstić information content (AvgIpc) is 1.97. The second-order valence-corrected chi connectivity index (χ2v) is 3.22. The Morgan fingerprint density at radius 2 is 1.62 bits per heavy atom. The molecule has 2 nitrogen and oxygen atoms in total. The smallest absolute Gasteiger partial charge is 0.338 e.